The number of hydrogen-bond donors (Lipinski definition) is 1. The van der Waals surface area contributed by atoms with E-state index in [9.17, 15) is 9.90 Å². The summed E-state index contributed by atoms with van der Waals surface area (Å²) >= 11 is 0. The van der Waals surface area contributed by atoms with E-state index in [2.05, 4.69) is 14.9 Å². The number of rotatable bonds is 9. The van der Waals surface area contributed by atoms with Gasteiger partial charge in [-0.05, 0) is 63.7 Å². The lowest BCUT2D eigenvalue weighted by Crippen LogP contribution is -2.53. The molecule has 1 unspecified atom stereocenters. The fraction of sp³-hybridized carbons (Fsp3) is 0.577. The van der Waals surface area contributed by atoms with Crippen molar-refractivity contribution in [3.63, 3.8) is 0 Å². The molecule has 3 aliphatic heterocycles. The van der Waals surface area contributed by atoms with Crippen molar-refractivity contribution < 1.29 is 19.4 Å². The van der Waals surface area contributed by atoms with Gasteiger partial charge in [0.05, 0.1) is 30.2 Å². The van der Waals surface area contributed by atoms with Crippen LogP contribution in [0.1, 0.15) is 45.1 Å². The van der Waals surface area contributed by atoms with Crippen LogP contribution in [-0.4, -0.2) is 77.0 Å². The number of carbonyl (C=O) groups is 1. The van der Waals surface area contributed by atoms with E-state index < -0.39 is 11.6 Å². The normalized spacial score (nSPS) is 22.3. The Labute approximate surface area is 201 Å². The average Bonchev–Trinajstić information content (AvgIpc) is 3.16. The first-order chi connectivity index (χ1) is 16.4. The zero-order valence-corrected chi connectivity index (χ0v) is 20.4. The van der Waals surface area contributed by atoms with E-state index in [-0.39, 0.29) is 6.04 Å². The Bertz CT molecular complexity index is 958. The minimum absolute atomic E-state index is 0.0259. The molecule has 1 aromatic heterocycles. The van der Waals surface area contributed by atoms with Crippen LogP contribution in [0.4, 0.5) is 4.79 Å². The predicted octanol–water partition coefficient (Wildman–Crippen LogP) is 4.26. The zero-order valence-electron chi connectivity index (χ0n) is 20.4. The van der Waals surface area contributed by atoms with Crippen LogP contribution in [0, 0.1) is 5.92 Å². The third kappa shape index (κ3) is 5.33. The van der Waals surface area contributed by atoms with Gasteiger partial charge in [-0.3, -0.25) is 4.90 Å². The van der Waals surface area contributed by atoms with E-state index in [0.717, 1.165) is 62.1 Å². The second kappa shape index (κ2) is 10.7. The molecule has 0 aliphatic carbocycles. The van der Waals surface area contributed by atoms with E-state index in [1.807, 2.05) is 38.1 Å². The molecule has 8 heteroatoms. The molecule has 1 N–H and O–H groups in total. The molecule has 4 heterocycles. The largest absolute Gasteiger partial charge is 0.476 e. The molecule has 0 spiro atoms. The number of nitrogens with zero attached hydrogens (tertiary/aromatic N) is 4. The van der Waals surface area contributed by atoms with Crippen molar-refractivity contribution >= 4 is 6.09 Å². The molecule has 3 saturated heterocycles. The molecule has 1 aromatic carbocycles. The lowest BCUT2D eigenvalue weighted by Gasteiger charge is -2.45. The fourth-order valence-electron chi connectivity index (χ4n) is 5.37. The van der Waals surface area contributed by atoms with Crippen molar-refractivity contribution in [2.45, 2.75) is 51.1 Å². The van der Waals surface area contributed by atoms with Crippen molar-refractivity contribution in [2.24, 2.45) is 5.92 Å². The topological polar surface area (TPSA) is 88.0 Å². The van der Waals surface area contributed by atoms with Crippen molar-refractivity contribution in [2.75, 3.05) is 40.0 Å². The Morgan fingerprint density at radius 2 is 1.91 bits per heavy atom. The molecule has 2 aromatic rings. The maximum Gasteiger partial charge on any atom is 0.408 e. The predicted molar refractivity (Wildman–Crippen MR) is 130 cm³/mol. The first-order valence-corrected chi connectivity index (χ1v) is 12.2. The lowest BCUT2D eigenvalue weighted by molar-refractivity contribution is 0.0355. The molecule has 3 aliphatic rings. The molecule has 1 amide bonds. The summed E-state index contributed by atoms with van der Waals surface area (Å²) in [6.45, 7) is 8.32. The Morgan fingerprint density at radius 3 is 2.59 bits per heavy atom. The van der Waals surface area contributed by atoms with Gasteiger partial charge in [-0.25, -0.2) is 14.8 Å². The maximum absolute atomic E-state index is 12.6. The van der Waals surface area contributed by atoms with E-state index in [0.29, 0.717) is 25.0 Å². The second-order valence-corrected chi connectivity index (χ2v) is 9.76. The molecular weight excluding hydrogens is 432 g/mol. The Morgan fingerprint density at radius 1 is 1.15 bits per heavy atom. The summed E-state index contributed by atoms with van der Waals surface area (Å²) in [6, 6.07) is 8.02. The highest BCUT2D eigenvalue weighted by molar-refractivity contribution is 5.68. The van der Waals surface area contributed by atoms with Crippen LogP contribution in [-0.2, 0) is 10.3 Å². The summed E-state index contributed by atoms with van der Waals surface area (Å²) in [5.41, 5.74) is 1.90. The summed E-state index contributed by atoms with van der Waals surface area (Å²) in [4.78, 5) is 25.7. The first kappa shape index (κ1) is 24.4. The van der Waals surface area contributed by atoms with Gasteiger partial charge in [0.2, 0.25) is 5.88 Å². The highest BCUT2D eigenvalue weighted by Crippen LogP contribution is 2.39. The number of piperidine rings is 1. The quantitative estimate of drug-likeness (QED) is 0.550. The molecule has 8 nitrogen and oxygen atoms in total. The molecule has 3 fully saturated rings. The molecule has 1 atom stereocenters. The molecule has 5 rings (SSSR count). The molecule has 34 heavy (non-hydrogen) atoms. The van der Waals surface area contributed by atoms with Gasteiger partial charge in [-0.1, -0.05) is 18.2 Å². The highest BCUT2D eigenvalue weighted by atomic mass is 16.5. The van der Waals surface area contributed by atoms with Crippen molar-refractivity contribution in [3.05, 3.63) is 42.2 Å². The Hall–Kier alpha value is -2.71. The van der Waals surface area contributed by atoms with Crippen LogP contribution in [0.25, 0.3) is 11.3 Å². The highest BCUT2D eigenvalue weighted by Gasteiger charge is 2.43. The van der Waals surface area contributed by atoms with Crippen molar-refractivity contribution in [1.82, 2.24) is 19.8 Å². The Kier molecular flexibility index (Phi) is 7.68. The number of benzene rings is 1. The third-order valence-electron chi connectivity index (χ3n) is 7.29. The molecule has 0 radical (unpaired) electrons. The van der Waals surface area contributed by atoms with Gasteiger partial charge in [-0.2, -0.15) is 0 Å². The van der Waals surface area contributed by atoms with Gasteiger partial charge in [-0.15, -0.1) is 0 Å². The van der Waals surface area contributed by atoms with Crippen LogP contribution in [0.5, 0.6) is 5.88 Å². The number of amides is 1. The standard InChI is InChI=1S/C26H36N4O4/c1-26(2,30(25(31)32)23-10-13-29-11-8-19(23)9-12-29)21-7-4-6-20(16-21)22-17-28-24(18-27-22)34-15-5-14-33-3/h4,6-7,16-19,23H,5,8-15H2,1-3H3,(H,31,32). The van der Waals surface area contributed by atoms with E-state index in [1.54, 1.807) is 24.4 Å². The number of ether oxygens (including phenoxy) is 2. The summed E-state index contributed by atoms with van der Waals surface area (Å²) < 4.78 is 10.6. The number of methoxy groups -OCH3 is 1. The number of hydrogen-bond acceptors (Lipinski definition) is 6. The number of fused-ring (bicyclic) bond motifs is 4. The van der Waals surface area contributed by atoms with Crippen LogP contribution in [0.3, 0.4) is 0 Å². The van der Waals surface area contributed by atoms with Crippen LogP contribution in [0.15, 0.2) is 36.7 Å². The maximum atomic E-state index is 12.6. The van der Waals surface area contributed by atoms with Gasteiger partial charge in [0.1, 0.15) is 0 Å². The van der Waals surface area contributed by atoms with Crippen LogP contribution >= 0.6 is 0 Å². The molecule has 0 saturated carbocycles. The van der Waals surface area contributed by atoms with Crippen LogP contribution in [0.2, 0.25) is 0 Å². The van der Waals surface area contributed by atoms with Crippen molar-refractivity contribution in [1.29, 1.82) is 0 Å². The summed E-state index contributed by atoms with van der Waals surface area (Å²) in [7, 11) is 1.67. The van der Waals surface area contributed by atoms with Gasteiger partial charge < -0.3 is 19.5 Å². The molecule has 184 valence electrons. The number of carboxylic acid groups (broad SMARTS) is 1. The van der Waals surface area contributed by atoms with E-state index >= 15 is 0 Å². The molecule has 2 bridgehead atoms. The van der Waals surface area contributed by atoms with Gasteiger partial charge in [0.15, 0.2) is 0 Å². The minimum Gasteiger partial charge on any atom is -0.476 e. The second-order valence-electron chi connectivity index (χ2n) is 9.76. The summed E-state index contributed by atoms with van der Waals surface area (Å²) in [6.07, 6.45) is 6.29. The fourth-order valence-corrected chi connectivity index (χ4v) is 5.37. The Balaban J connectivity index is 1.54. The smallest absolute Gasteiger partial charge is 0.408 e. The monoisotopic (exact) mass is 468 g/mol. The van der Waals surface area contributed by atoms with E-state index in [1.165, 1.54) is 0 Å². The van der Waals surface area contributed by atoms with Gasteiger partial charge in [0.25, 0.3) is 0 Å². The van der Waals surface area contributed by atoms with Crippen LogP contribution < -0.4 is 4.74 Å². The zero-order chi connectivity index (χ0) is 24.1. The lowest BCUT2D eigenvalue weighted by atomic mass is 9.84. The van der Waals surface area contributed by atoms with E-state index in [4.69, 9.17) is 9.47 Å². The first-order valence-electron chi connectivity index (χ1n) is 12.2. The minimum atomic E-state index is -0.851. The molecular formula is C26H36N4O4. The van der Waals surface area contributed by atoms with Gasteiger partial charge in [0, 0.05) is 38.3 Å². The van der Waals surface area contributed by atoms with Gasteiger partial charge >= 0.3 is 6.09 Å². The number of aromatic nitrogens is 2. The third-order valence-corrected chi connectivity index (χ3v) is 7.29. The summed E-state index contributed by atoms with van der Waals surface area (Å²) in [5, 5.41) is 10.3. The van der Waals surface area contributed by atoms with Crippen molar-refractivity contribution in [3.8, 4) is 17.1 Å². The SMILES string of the molecule is COCCCOc1cnc(-c2cccc(C(C)(C)N(C(=O)O)C3CCN4CCC3CC4)c2)cn1. The summed E-state index contributed by atoms with van der Waals surface area (Å²) in [5.74, 6) is 0.895. The average molecular weight is 469 g/mol.